The lowest BCUT2D eigenvalue weighted by Gasteiger charge is -2.13. The highest BCUT2D eigenvalue weighted by atomic mass is 32.2. The van der Waals surface area contributed by atoms with Crippen molar-refractivity contribution in [2.75, 3.05) is 12.0 Å². The maximum atomic E-state index is 11.1. The van der Waals surface area contributed by atoms with E-state index in [1.165, 1.54) is 17.4 Å². The Morgan fingerprint density at radius 3 is 2.11 bits per heavy atom. The largest absolute Gasteiger partial charge is 0.309 e. The molecule has 1 N–H and O–H groups in total. The fourth-order valence-corrected chi connectivity index (χ4v) is 2.85. The Labute approximate surface area is 111 Å². The molecule has 0 radical (unpaired) electrons. The summed E-state index contributed by atoms with van der Waals surface area (Å²) in [6.07, 6.45) is 1.27. The summed E-state index contributed by atoms with van der Waals surface area (Å²) < 4.78 is 22.3. The Kier molecular flexibility index (Phi) is 5.35. The molecule has 1 aromatic carbocycles. The molecule has 0 saturated carbocycles. The second-order valence-corrected chi connectivity index (χ2v) is 7.46. The molecular weight excluding hydrogens is 246 g/mol. The van der Waals surface area contributed by atoms with Gasteiger partial charge in [-0.3, -0.25) is 0 Å². The van der Waals surface area contributed by atoms with Crippen molar-refractivity contribution in [3.63, 3.8) is 0 Å². The van der Waals surface area contributed by atoms with Gasteiger partial charge < -0.3 is 5.32 Å². The topological polar surface area (TPSA) is 46.2 Å². The molecule has 102 valence electrons. The van der Waals surface area contributed by atoms with E-state index in [1.807, 2.05) is 6.92 Å². The summed E-state index contributed by atoms with van der Waals surface area (Å²) in [4.78, 5) is 0. The van der Waals surface area contributed by atoms with Gasteiger partial charge in [-0.05, 0) is 24.0 Å². The number of nitrogens with one attached hydrogen (secondary N) is 1. The molecule has 4 heteroatoms. The first-order valence-corrected chi connectivity index (χ1v) is 8.34. The van der Waals surface area contributed by atoms with Crippen LogP contribution < -0.4 is 5.32 Å². The highest BCUT2D eigenvalue weighted by Gasteiger charge is 2.09. The molecule has 1 atom stereocenters. The lowest BCUT2D eigenvalue weighted by molar-refractivity contribution is 0.560. The Morgan fingerprint density at radius 2 is 1.67 bits per heavy atom. The molecule has 0 aliphatic carbocycles. The molecule has 0 spiro atoms. The van der Waals surface area contributed by atoms with E-state index in [-0.39, 0.29) is 11.8 Å². The Morgan fingerprint density at radius 1 is 1.11 bits per heavy atom. The van der Waals surface area contributed by atoms with Crippen molar-refractivity contribution in [3.05, 3.63) is 35.4 Å². The molecule has 0 aliphatic heterocycles. The van der Waals surface area contributed by atoms with Crippen LogP contribution in [0, 0.1) is 0 Å². The molecule has 1 rings (SSSR count). The summed E-state index contributed by atoms with van der Waals surface area (Å²) in [5, 5.41) is 3.22. The molecule has 0 fully saturated rings. The Hall–Kier alpha value is -0.870. The third-order valence-electron chi connectivity index (χ3n) is 2.85. The van der Waals surface area contributed by atoms with Gasteiger partial charge in [0.15, 0.2) is 0 Å². The van der Waals surface area contributed by atoms with Gasteiger partial charge in [0.25, 0.3) is 0 Å². The normalized spacial score (nSPS) is 13.8. The van der Waals surface area contributed by atoms with Crippen molar-refractivity contribution in [1.29, 1.82) is 0 Å². The second-order valence-electron chi connectivity index (χ2n) is 5.27. The quantitative estimate of drug-likeness (QED) is 0.862. The SMILES string of the molecule is CC(CS(C)(=O)=O)NCc1ccc(C(C)C)cc1. The van der Waals surface area contributed by atoms with Gasteiger partial charge in [0.05, 0.1) is 5.75 Å². The highest BCUT2D eigenvalue weighted by molar-refractivity contribution is 7.90. The van der Waals surface area contributed by atoms with Crippen LogP contribution in [0.1, 0.15) is 37.8 Å². The third kappa shape index (κ3) is 5.65. The fourth-order valence-electron chi connectivity index (χ4n) is 1.83. The first-order chi connectivity index (χ1) is 8.28. The van der Waals surface area contributed by atoms with Crippen LogP contribution in [0.4, 0.5) is 0 Å². The molecule has 0 saturated heterocycles. The summed E-state index contributed by atoms with van der Waals surface area (Å²) >= 11 is 0. The second kappa shape index (κ2) is 6.34. The van der Waals surface area contributed by atoms with Crippen LogP contribution in [-0.4, -0.2) is 26.5 Å². The molecule has 1 unspecified atom stereocenters. The van der Waals surface area contributed by atoms with Crippen LogP contribution in [0.2, 0.25) is 0 Å². The van der Waals surface area contributed by atoms with Crippen molar-refractivity contribution in [3.8, 4) is 0 Å². The molecular formula is C14H23NO2S. The van der Waals surface area contributed by atoms with Gasteiger partial charge in [0, 0.05) is 18.8 Å². The van der Waals surface area contributed by atoms with E-state index in [1.54, 1.807) is 0 Å². The van der Waals surface area contributed by atoms with Gasteiger partial charge in [-0.15, -0.1) is 0 Å². The smallest absolute Gasteiger partial charge is 0.148 e. The molecule has 1 aromatic rings. The van der Waals surface area contributed by atoms with E-state index < -0.39 is 9.84 Å². The van der Waals surface area contributed by atoms with Gasteiger partial charge in [0.1, 0.15) is 9.84 Å². The predicted molar refractivity (Wildman–Crippen MR) is 76.5 cm³/mol. The van der Waals surface area contributed by atoms with Gasteiger partial charge in [-0.1, -0.05) is 38.1 Å². The highest BCUT2D eigenvalue weighted by Crippen LogP contribution is 2.14. The first-order valence-electron chi connectivity index (χ1n) is 6.28. The van der Waals surface area contributed by atoms with E-state index in [4.69, 9.17) is 0 Å². The number of hydrogen-bond acceptors (Lipinski definition) is 3. The van der Waals surface area contributed by atoms with Crippen molar-refractivity contribution < 1.29 is 8.42 Å². The average Bonchev–Trinajstić information content (AvgIpc) is 2.24. The number of benzene rings is 1. The van der Waals surface area contributed by atoms with Crippen LogP contribution in [-0.2, 0) is 16.4 Å². The molecule has 0 aliphatic rings. The van der Waals surface area contributed by atoms with Gasteiger partial charge in [-0.2, -0.15) is 0 Å². The molecule has 0 bridgehead atoms. The van der Waals surface area contributed by atoms with Crippen molar-refractivity contribution >= 4 is 9.84 Å². The number of sulfone groups is 1. The predicted octanol–water partition coefficient (Wildman–Crippen LogP) is 2.33. The van der Waals surface area contributed by atoms with Crippen LogP contribution in [0.3, 0.4) is 0 Å². The lowest BCUT2D eigenvalue weighted by atomic mass is 10.0. The zero-order valence-electron chi connectivity index (χ0n) is 11.6. The molecule has 3 nitrogen and oxygen atoms in total. The molecule has 0 aromatic heterocycles. The molecule has 0 amide bonds. The van der Waals surface area contributed by atoms with E-state index in [9.17, 15) is 8.42 Å². The van der Waals surface area contributed by atoms with E-state index in [0.29, 0.717) is 12.5 Å². The third-order valence-corrected chi connectivity index (χ3v) is 3.96. The van der Waals surface area contributed by atoms with Crippen molar-refractivity contribution in [1.82, 2.24) is 5.32 Å². The van der Waals surface area contributed by atoms with Gasteiger partial charge in [-0.25, -0.2) is 8.42 Å². The Bertz CT molecular complexity index is 463. The summed E-state index contributed by atoms with van der Waals surface area (Å²) in [6.45, 7) is 6.93. The van der Waals surface area contributed by atoms with E-state index >= 15 is 0 Å². The van der Waals surface area contributed by atoms with Gasteiger partial charge >= 0.3 is 0 Å². The summed E-state index contributed by atoms with van der Waals surface area (Å²) in [6, 6.07) is 8.42. The van der Waals surface area contributed by atoms with E-state index in [0.717, 1.165) is 0 Å². The van der Waals surface area contributed by atoms with E-state index in [2.05, 4.69) is 43.4 Å². The van der Waals surface area contributed by atoms with Crippen LogP contribution >= 0.6 is 0 Å². The Balaban J connectivity index is 2.49. The standard InChI is InChI=1S/C14H23NO2S/c1-11(2)14-7-5-13(6-8-14)9-15-12(3)10-18(4,16)17/h5-8,11-12,15H,9-10H2,1-4H3. The lowest BCUT2D eigenvalue weighted by Crippen LogP contribution is -2.32. The van der Waals surface area contributed by atoms with Crippen LogP contribution in [0.15, 0.2) is 24.3 Å². The number of hydrogen-bond donors (Lipinski definition) is 1. The summed E-state index contributed by atoms with van der Waals surface area (Å²) in [5.74, 6) is 0.716. The van der Waals surface area contributed by atoms with Crippen molar-refractivity contribution in [2.45, 2.75) is 39.3 Å². The number of rotatable bonds is 6. The van der Waals surface area contributed by atoms with Crippen molar-refractivity contribution in [2.24, 2.45) is 0 Å². The minimum Gasteiger partial charge on any atom is -0.309 e. The maximum absolute atomic E-state index is 11.1. The van der Waals surface area contributed by atoms with Gasteiger partial charge in [0.2, 0.25) is 0 Å². The zero-order valence-corrected chi connectivity index (χ0v) is 12.4. The monoisotopic (exact) mass is 269 g/mol. The molecule has 18 heavy (non-hydrogen) atoms. The fraction of sp³-hybridized carbons (Fsp3) is 0.571. The first kappa shape index (κ1) is 15.2. The van der Waals surface area contributed by atoms with Crippen LogP contribution in [0.5, 0.6) is 0 Å². The zero-order chi connectivity index (χ0) is 13.8. The minimum atomic E-state index is -2.91. The average molecular weight is 269 g/mol. The summed E-state index contributed by atoms with van der Waals surface area (Å²) in [5.41, 5.74) is 2.50. The van der Waals surface area contributed by atoms with Crippen LogP contribution in [0.25, 0.3) is 0 Å². The minimum absolute atomic E-state index is 0.0234. The molecule has 0 heterocycles. The maximum Gasteiger partial charge on any atom is 0.148 e. The summed E-state index contributed by atoms with van der Waals surface area (Å²) in [7, 11) is -2.91.